The number of benzene rings is 1. The Hall–Kier alpha value is -2.31. The average Bonchev–Trinajstić information content (AvgIpc) is 2.84. The zero-order chi connectivity index (χ0) is 14.8. The van der Waals surface area contributed by atoms with Crippen LogP contribution in [0, 0.1) is 0 Å². The quantitative estimate of drug-likeness (QED) is 0.935. The predicted molar refractivity (Wildman–Crippen MR) is 62.9 cm³/mol. The number of aromatic nitrogens is 1. The van der Waals surface area contributed by atoms with E-state index < -0.39 is 17.7 Å². The van der Waals surface area contributed by atoms with Gasteiger partial charge in [0.05, 0.1) is 18.2 Å². The molecule has 0 saturated heterocycles. The van der Waals surface area contributed by atoms with Gasteiger partial charge in [0.1, 0.15) is 0 Å². The van der Waals surface area contributed by atoms with Crippen molar-refractivity contribution in [2.24, 2.45) is 0 Å². The second-order valence-electron chi connectivity index (χ2n) is 4.06. The molecule has 2 rings (SSSR count). The van der Waals surface area contributed by atoms with Gasteiger partial charge >= 0.3 is 12.1 Å². The number of rotatable bonds is 4. The largest absolute Gasteiger partial charge is 0.481 e. The van der Waals surface area contributed by atoms with E-state index in [-0.39, 0.29) is 30.1 Å². The van der Waals surface area contributed by atoms with E-state index >= 15 is 0 Å². The highest BCUT2D eigenvalue weighted by Gasteiger charge is 2.34. The minimum atomic E-state index is -4.50. The van der Waals surface area contributed by atoms with Gasteiger partial charge in [0, 0.05) is 12.0 Å². The number of carbonyl (C=O) groups is 1. The predicted octanol–water partition coefficient (Wildman–Crippen LogP) is 3.38. The maximum atomic E-state index is 12.9. The van der Waals surface area contributed by atoms with Crippen molar-refractivity contribution in [3.63, 3.8) is 0 Å². The van der Waals surface area contributed by atoms with Gasteiger partial charge in [-0.05, 0) is 6.07 Å². The second kappa shape index (κ2) is 5.36. The summed E-state index contributed by atoms with van der Waals surface area (Å²) in [4.78, 5) is 14.2. The summed E-state index contributed by atoms with van der Waals surface area (Å²) >= 11 is 0. The Morgan fingerprint density at radius 1 is 1.30 bits per heavy atom. The van der Waals surface area contributed by atoms with Crippen molar-refractivity contribution < 1.29 is 27.5 Å². The highest BCUT2D eigenvalue weighted by molar-refractivity contribution is 5.67. The van der Waals surface area contributed by atoms with Crippen molar-refractivity contribution in [2.45, 2.75) is 19.0 Å². The first-order valence-electron chi connectivity index (χ1n) is 5.71. The Kier molecular flexibility index (Phi) is 3.78. The van der Waals surface area contributed by atoms with Crippen LogP contribution in [0.4, 0.5) is 13.2 Å². The fourth-order valence-corrected chi connectivity index (χ4v) is 1.71. The van der Waals surface area contributed by atoms with E-state index in [0.29, 0.717) is 0 Å². The van der Waals surface area contributed by atoms with Crippen LogP contribution in [0.3, 0.4) is 0 Å². The third kappa shape index (κ3) is 3.17. The molecule has 1 N–H and O–H groups in total. The number of oxazole rings is 1. The maximum absolute atomic E-state index is 12.9. The van der Waals surface area contributed by atoms with Gasteiger partial charge < -0.3 is 9.52 Å². The van der Waals surface area contributed by atoms with E-state index in [1.165, 1.54) is 24.4 Å². The minimum absolute atomic E-state index is 0.0293. The van der Waals surface area contributed by atoms with Crippen molar-refractivity contribution in [2.75, 3.05) is 0 Å². The van der Waals surface area contributed by atoms with Gasteiger partial charge in [-0.2, -0.15) is 13.2 Å². The minimum Gasteiger partial charge on any atom is -0.481 e. The molecule has 0 unspecified atom stereocenters. The Bertz CT molecular complexity index is 619. The monoisotopic (exact) mass is 285 g/mol. The molecule has 0 aliphatic rings. The number of hydrogen-bond acceptors (Lipinski definition) is 3. The van der Waals surface area contributed by atoms with Crippen LogP contribution in [-0.2, 0) is 17.4 Å². The zero-order valence-corrected chi connectivity index (χ0v) is 10.1. The standard InChI is InChI=1S/C13H10F3NO3/c14-13(15,16)9-4-2-1-3-8(9)10-7-17-11(20-10)5-6-12(18)19/h1-4,7H,5-6H2,(H,18,19). The van der Waals surface area contributed by atoms with E-state index in [1.54, 1.807) is 0 Å². The van der Waals surface area contributed by atoms with Gasteiger partial charge in [-0.1, -0.05) is 18.2 Å². The van der Waals surface area contributed by atoms with Crippen molar-refractivity contribution in [1.82, 2.24) is 4.98 Å². The Morgan fingerprint density at radius 3 is 2.65 bits per heavy atom. The summed E-state index contributed by atoms with van der Waals surface area (Å²) in [7, 11) is 0. The molecule has 0 aliphatic heterocycles. The molecule has 1 aromatic carbocycles. The molecule has 0 atom stereocenters. The van der Waals surface area contributed by atoms with E-state index in [2.05, 4.69) is 4.98 Å². The lowest BCUT2D eigenvalue weighted by Crippen LogP contribution is -2.06. The van der Waals surface area contributed by atoms with Crippen LogP contribution in [0.1, 0.15) is 17.9 Å². The van der Waals surface area contributed by atoms with E-state index in [4.69, 9.17) is 9.52 Å². The lowest BCUT2D eigenvalue weighted by atomic mass is 10.1. The third-order valence-corrected chi connectivity index (χ3v) is 2.60. The molecule has 0 fully saturated rings. The molecule has 7 heteroatoms. The van der Waals surface area contributed by atoms with E-state index in [0.717, 1.165) is 6.07 Å². The number of halogens is 3. The van der Waals surface area contributed by atoms with Crippen molar-refractivity contribution in [3.05, 3.63) is 41.9 Å². The van der Waals surface area contributed by atoms with Gasteiger partial charge in [-0.25, -0.2) is 4.98 Å². The van der Waals surface area contributed by atoms with E-state index in [1.807, 2.05) is 0 Å². The molecule has 0 saturated carbocycles. The number of nitrogens with zero attached hydrogens (tertiary/aromatic N) is 1. The fourth-order valence-electron chi connectivity index (χ4n) is 1.71. The summed E-state index contributed by atoms with van der Waals surface area (Å²) in [5, 5.41) is 8.53. The number of hydrogen-bond donors (Lipinski definition) is 1. The Labute approximate surface area is 111 Å². The molecule has 4 nitrogen and oxygen atoms in total. The first-order chi connectivity index (χ1) is 9.38. The first-order valence-corrected chi connectivity index (χ1v) is 5.71. The summed E-state index contributed by atoms with van der Waals surface area (Å²) in [5.74, 6) is -0.960. The molecule has 1 aromatic heterocycles. The van der Waals surface area contributed by atoms with Gasteiger partial charge in [0.25, 0.3) is 0 Å². The average molecular weight is 285 g/mol. The maximum Gasteiger partial charge on any atom is 0.417 e. The first kappa shape index (κ1) is 14.1. The van der Waals surface area contributed by atoms with Crippen LogP contribution in [0.15, 0.2) is 34.9 Å². The number of aliphatic carboxylic acids is 1. The van der Waals surface area contributed by atoms with Gasteiger partial charge in [-0.3, -0.25) is 4.79 Å². The summed E-state index contributed by atoms with van der Waals surface area (Å²) in [6, 6.07) is 4.98. The summed E-state index contributed by atoms with van der Waals surface area (Å²) in [6.45, 7) is 0. The molecule has 106 valence electrons. The molecule has 20 heavy (non-hydrogen) atoms. The lowest BCUT2D eigenvalue weighted by Gasteiger charge is -2.10. The SMILES string of the molecule is O=C(O)CCc1ncc(-c2ccccc2C(F)(F)F)o1. The van der Waals surface area contributed by atoms with Crippen molar-refractivity contribution in [3.8, 4) is 11.3 Å². The molecule has 0 bridgehead atoms. The number of alkyl halides is 3. The zero-order valence-electron chi connectivity index (χ0n) is 10.1. The van der Waals surface area contributed by atoms with Crippen LogP contribution in [0.25, 0.3) is 11.3 Å². The molecular formula is C13H10F3NO3. The van der Waals surface area contributed by atoms with Crippen LogP contribution < -0.4 is 0 Å². The highest BCUT2D eigenvalue weighted by atomic mass is 19.4. The Morgan fingerprint density at radius 2 is 2.00 bits per heavy atom. The molecule has 0 amide bonds. The number of aryl methyl sites for hydroxylation is 1. The summed E-state index contributed by atoms with van der Waals surface area (Å²) in [5.41, 5.74) is -0.935. The molecule has 0 radical (unpaired) electrons. The van der Waals surface area contributed by atoms with Gasteiger partial charge in [-0.15, -0.1) is 0 Å². The molecule has 1 heterocycles. The van der Waals surface area contributed by atoms with Crippen LogP contribution >= 0.6 is 0 Å². The third-order valence-electron chi connectivity index (χ3n) is 2.60. The summed E-state index contributed by atoms with van der Waals surface area (Å²) in [6.07, 6.45) is -3.49. The van der Waals surface area contributed by atoms with Gasteiger partial charge in [0.2, 0.25) is 0 Å². The lowest BCUT2D eigenvalue weighted by molar-refractivity contribution is -0.137. The molecule has 0 spiro atoms. The Balaban J connectivity index is 2.31. The van der Waals surface area contributed by atoms with Crippen LogP contribution in [0.5, 0.6) is 0 Å². The smallest absolute Gasteiger partial charge is 0.417 e. The second-order valence-corrected chi connectivity index (χ2v) is 4.06. The number of carboxylic acids is 1. The summed E-state index contributed by atoms with van der Waals surface area (Å²) < 4.78 is 43.7. The van der Waals surface area contributed by atoms with Crippen molar-refractivity contribution in [1.29, 1.82) is 0 Å². The van der Waals surface area contributed by atoms with Crippen LogP contribution in [0.2, 0.25) is 0 Å². The van der Waals surface area contributed by atoms with Crippen molar-refractivity contribution >= 4 is 5.97 Å². The number of carboxylic acid groups (broad SMARTS) is 1. The fraction of sp³-hybridized carbons (Fsp3) is 0.231. The molecule has 0 aliphatic carbocycles. The van der Waals surface area contributed by atoms with Crippen LogP contribution in [-0.4, -0.2) is 16.1 Å². The molecular weight excluding hydrogens is 275 g/mol. The van der Waals surface area contributed by atoms with E-state index in [9.17, 15) is 18.0 Å². The normalized spacial score (nSPS) is 11.6. The van der Waals surface area contributed by atoms with Gasteiger partial charge in [0.15, 0.2) is 11.7 Å². The molecule has 2 aromatic rings. The topological polar surface area (TPSA) is 63.3 Å². The highest BCUT2D eigenvalue weighted by Crippen LogP contribution is 2.37.